The average Bonchev–Trinajstić information content (AvgIpc) is 3.05. The van der Waals surface area contributed by atoms with Gasteiger partial charge in [0.15, 0.2) is 5.96 Å². The van der Waals surface area contributed by atoms with Gasteiger partial charge in [-0.25, -0.2) is 0 Å². The molecule has 0 amide bonds. The van der Waals surface area contributed by atoms with Crippen LogP contribution in [-0.2, 0) is 19.5 Å². The Morgan fingerprint density at radius 1 is 1.26 bits per heavy atom. The van der Waals surface area contributed by atoms with Crippen LogP contribution in [0.5, 0.6) is 5.75 Å². The molecule has 0 aliphatic rings. The molecule has 0 atom stereocenters. The van der Waals surface area contributed by atoms with E-state index in [0.29, 0.717) is 6.54 Å². The van der Waals surface area contributed by atoms with Crippen LogP contribution in [0.3, 0.4) is 0 Å². The lowest BCUT2D eigenvalue weighted by molar-refractivity contribution is 0.414. The van der Waals surface area contributed by atoms with Gasteiger partial charge >= 0.3 is 0 Å². The summed E-state index contributed by atoms with van der Waals surface area (Å²) in [5.74, 6) is 2.62. The Hall–Kier alpha value is -2.57. The van der Waals surface area contributed by atoms with Gasteiger partial charge in [-0.1, -0.05) is 19.1 Å². The number of rotatable bonds is 7. The van der Waals surface area contributed by atoms with Gasteiger partial charge in [0.05, 0.1) is 7.11 Å². The lowest BCUT2D eigenvalue weighted by Gasteiger charge is -2.13. The molecule has 0 spiro atoms. The van der Waals surface area contributed by atoms with E-state index >= 15 is 0 Å². The van der Waals surface area contributed by atoms with Gasteiger partial charge in [-0.15, -0.1) is 10.2 Å². The van der Waals surface area contributed by atoms with E-state index in [-0.39, 0.29) is 0 Å². The zero-order chi connectivity index (χ0) is 16.5. The molecular weight excluding hydrogens is 292 g/mol. The molecule has 2 aromatic rings. The molecule has 7 heteroatoms. The lowest BCUT2D eigenvalue weighted by Crippen LogP contribution is -2.38. The summed E-state index contributed by atoms with van der Waals surface area (Å²) in [4.78, 5) is 4.23. The smallest absolute Gasteiger partial charge is 0.191 e. The number of nitrogens with one attached hydrogen (secondary N) is 2. The summed E-state index contributed by atoms with van der Waals surface area (Å²) < 4.78 is 7.20. The maximum atomic E-state index is 5.15. The molecule has 0 fully saturated rings. The quantitative estimate of drug-likeness (QED) is 0.593. The Morgan fingerprint density at radius 3 is 2.70 bits per heavy atom. The zero-order valence-corrected chi connectivity index (χ0v) is 13.9. The fourth-order valence-corrected chi connectivity index (χ4v) is 2.18. The van der Waals surface area contributed by atoms with E-state index in [1.807, 2.05) is 28.8 Å². The van der Waals surface area contributed by atoms with Gasteiger partial charge < -0.3 is 19.9 Å². The number of hydrogen-bond acceptors (Lipinski definition) is 4. The molecule has 0 bridgehead atoms. The van der Waals surface area contributed by atoms with Crippen molar-refractivity contribution >= 4 is 5.96 Å². The first-order valence-electron chi connectivity index (χ1n) is 7.71. The Morgan fingerprint density at radius 2 is 2.04 bits per heavy atom. The number of methoxy groups -OCH3 is 1. The molecule has 0 saturated carbocycles. The van der Waals surface area contributed by atoms with Crippen LogP contribution in [0.1, 0.15) is 18.3 Å². The van der Waals surface area contributed by atoms with Gasteiger partial charge in [0.2, 0.25) is 0 Å². The first-order chi connectivity index (χ1) is 11.3. The van der Waals surface area contributed by atoms with Crippen molar-refractivity contribution in [2.75, 3.05) is 20.7 Å². The van der Waals surface area contributed by atoms with E-state index in [4.69, 9.17) is 4.74 Å². The number of aryl methyl sites for hydroxylation is 1. The predicted molar refractivity (Wildman–Crippen MR) is 90.6 cm³/mol. The number of guanidine groups is 1. The molecule has 2 N–H and O–H groups in total. The maximum absolute atomic E-state index is 5.15. The van der Waals surface area contributed by atoms with E-state index in [1.54, 1.807) is 20.5 Å². The molecular formula is C16H24N6O. The summed E-state index contributed by atoms with van der Waals surface area (Å²) in [6.07, 6.45) is 2.64. The van der Waals surface area contributed by atoms with Gasteiger partial charge in [0, 0.05) is 33.1 Å². The highest BCUT2D eigenvalue weighted by Gasteiger charge is 2.02. The second kappa shape index (κ2) is 8.77. The minimum absolute atomic E-state index is 0.705. The molecule has 0 unspecified atom stereocenters. The molecule has 1 aromatic carbocycles. The molecule has 7 nitrogen and oxygen atoms in total. The number of aliphatic imine (C=N–C) groups is 1. The number of aromatic nitrogens is 3. The third kappa shape index (κ3) is 4.98. The van der Waals surface area contributed by atoms with Crippen molar-refractivity contribution in [3.63, 3.8) is 0 Å². The normalized spacial score (nSPS) is 11.3. The number of ether oxygens (including phenoxy) is 1. The van der Waals surface area contributed by atoms with Crippen LogP contribution in [0.15, 0.2) is 35.6 Å². The molecule has 0 aliphatic heterocycles. The van der Waals surface area contributed by atoms with Crippen LogP contribution < -0.4 is 15.4 Å². The van der Waals surface area contributed by atoms with Crippen molar-refractivity contribution in [3.8, 4) is 5.75 Å². The highest BCUT2D eigenvalue weighted by Crippen LogP contribution is 2.10. The Bertz CT molecular complexity index is 620. The Balaban J connectivity index is 1.76. The second-order valence-electron chi connectivity index (χ2n) is 4.99. The molecule has 124 valence electrons. The fraction of sp³-hybridized carbons (Fsp3) is 0.438. The third-order valence-corrected chi connectivity index (χ3v) is 3.50. The molecule has 0 saturated heterocycles. The number of benzene rings is 1. The topological polar surface area (TPSA) is 76.4 Å². The lowest BCUT2D eigenvalue weighted by atomic mass is 10.2. The molecule has 1 heterocycles. The van der Waals surface area contributed by atoms with Crippen LogP contribution in [0.25, 0.3) is 0 Å². The van der Waals surface area contributed by atoms with Crippen LogP contribution in [0.2, 0.25) is 0 Å². The van der Waals surface area contributed by atoms with Gasteiger partial charge in [-0.05, 0) is 17.7 Å². The third-order valence-electron chi connectivity index (χ3n) is 3.50. The fourth-order valence-electron chi connectivity index (χ4n) is 2.18. The first kappa shape index (κ1) is 16.8. The largest absolute Gasteiger partial charge is 0.497 e. The number of nitrogens with zero attached hydrogens (tertiary/aromatic N) is 4. The highest BCUT2D eigenvalue weighted by molar-refractivity contribution is 5.79. The van der Waals surface area contributed by atoms with Gasteiger partial charge in [0.25, 0.3) is 0 Å². The summed E-state index contributed by atoms with van der Waals surface area (Å²) >= 11 is 0. The monoisotopic (exact) mass is 316 g/mol. The molecule has 0 aliphatic carbocycles. The molecule has 1 aromatic heterocycles. The molecule has 0 radical (unpaired) electrons. The number of hydrogen-bond donors (Lipinski definition) is 2. The van der Waals surface area contributed by atoms with Crippen molar-refractivity contribution < 1.29 is 4.74 Å². The van der Waals surface area contributed by atoms with Crippen LogP contribution >= 0.6 is 0 Å². The summed E-state index contributed by atoms with van der Waals surface area (Å²) in [6.45, 7) is 4.34. The predicted octanol–water partition coefficient (Wildman–Crippen LogP) is 1.21. The molecule has 2 rings (SSSR count). The first-order valence-corrected chi connectivity index (χ1v) is 7.71. The van der Waals surface area contributed by atoms with Crippen LogP contribution in [0, 0.1) is 0 Å². The van der Waals surface area contributed by atoms with Crippen molar-refractivity contribution in [3.05, 3.63) is 42.0 Å². The van der Waals surface area contributed by atoms with Crippen molar-refractivity contribution in [1.82, 2.24) is 25.4 Å². The van der Waals surface area contributed by atoms with Gasteiger partial charge in [-0.2, -0.15) is 0 Å². The summed E-state index contributed by atoms with van der Waals surface area (Å²) in [5.41, 5.74) is 1.17. The highest BCUT2D eigenvalue weighted by atomic mass is 16.5. The second-order valence-corrected chi connectivity index (χ2v) is 4.99. The Kier molecular flexibility index (Phi) is 6.40. The van der Waals surface area contributed by atoms with E-state index in [0.717, 1.165) is 37.0 Å². The van der Waals surface area contributed by atoms with E-state index in [1.165, 1.54) is 5.56 Å². The summed E-state index contributed by atoms with van der Waals surface area (Å²) in [5, 5.41) is 14.6. The summed E-state index contributed by atoms with van der Waals surface area (Å²) in [7, 11) is 3.43. The minimum atomic E-state index is 0.705. The van der Waals surface area contributed by atoms with E-state index in [2.05, 4.69) is 32.7 Å². The van der Waals surface area contributed by atoms with E-state index < -0.39 is 0 Å². The van der Waals surface area contributed by atoms with E-state index in [9.17, 15) is 0 Å². The van der Waals surface area contributed by atoms with Crippen molar-refractivity contribution in [1.29, 1.82) is 0 Å². The summed E-state index contributed by atoms with van der Waals surface area (Å²) in [6, 6.07) is 7.96. The van der Waals surface area contributed by atoms with Gasteiger partial charge in [-0.3, -0.25) is 4.99 Å². The maximum Gasteiger partial charge on any atom is 0.191 e. The van der Waals surface area contributed by atoms with Crippen LogP contribution in [0.4, 0.5) is 0 Å². The minimum Gasteiger partial charge on any atom is -0.497 e. The standard InChI is InChI=1S/C16H24N6O/c1-4-15-21-20-12-22(15)10-9-18-16(17-2)19-11-13-5-7-14(23-3)8-6-13/h5-8,12H,4,9-11H2,1-3H3,(H2,17,18,19). The zero-order valence-electron chi connectivity index (χ0n) is 13.9. The van der Waals surface area contributed by atoms with Crippen LogP contribution in [-0.4, -0.2) is 41.4 Å². The van der Waals surface area contributed by atoms with Crippen molar-refractivity contribution in [2.24, 2.45) is 4.99 Å². The Labute approximate surface area is 136 Å². The van der Waals surface area contributed by atoms with Crippen molar-refractivity contribution in [2.45, 2.75) is 26.4 Å². The SMILES string of the molecule is CCc1nncn1CCNC(=NC)NCc1ccc(OC)cc1. The average molecular weight is 316 g/mol. The van der Waals surface area contributed by atoms with Gasteiger partial charge in [0.1, 0.15) is 17.9 Å². The molecule has 23 heavy (non-hydrogen) atoms.